The molecule has 2 aromatic heterocycles. The molecular formula is C25H21F2N5O2S. The molecule has 10 heteroatoms. The Bertz CT molecular complexity index is 1350. The first-order chi connectivity index (χ1) is 17.0. The quantitative estimate of drug-likeness (QED) is 0.449. The third kappa shape index (κ3) is 4.97. The van der Waals surface area contributed by atoms with E-state index in [0.717, 1.165) is 4.88 Å². The summed E-state index contributed by atoms with van der Waals surface area (Å²) in [5.41, 5.74) is 0.861. The highest BCUT2D eigenvalue weighted by Gasteiger charge is 2.28. The highest BCUT2D eigenvalue weighted by molar-refractivity contribution is 7.13. The van der Waals surface area contributed by atoms with Crippen LogP contribution in [0.2, 0.25) is 0 Å². The third-order valence-corrected chi connectivity index (χ3v) is 6.68. The Morgan fingerprint density at radius 3 is 2.43 bits per heavy atom. The summed E-state index contributed by atoms with van der Waals surface area (Å²) >= 11 is 1.45. The monoisotopic (exact) mass is 493 g/mol. The second kappa shape index (κ2) is 9.75. The van der Waals surface area contributed by atoms with Crippen LogP contribution in [0.5, 0.6) is 0 Å². The number of benzene rings is 2. The van der Waals surface area contributed by atoms with Gasteiger partial charge in [0.15, 0.2) is 5.82 Å². The van der Waals surface area contributed by atoms with Gasteiger partial charge >= 0.3 is 0 Å². The molecule has 1 N–H and O–H groups in total. The Kier molecular flexibility index (Phi) is 6.37. The van der Waals surface area contributed by atoms with Gasteiger partial charge < -0.3 is 10.2 Å². The largest absolute Gasteiger partial charge is 0.349 e. The molecule has 0 bridgehead atoms. The maximum atomic E-state index is 13.9. The van der Waals surface area contributed by atoms with Crippen LogP contribution >= 0.6 is 11.3 Å². The Morgan fingerprint density at radius 1 is 0.971 bits per heavy atom. The van der Waals surface area contributed by atoms with E-state index in [9.17, 15) is 18.4 Å². The molecule has 0 spiro atoms. The molecule has 2 amide bonds. The lowest BCUT2D eigenvalue weighted by Crippen LogP contribution is -2.46. The zero-order chi connectivity index (χ0) is 24.4. The molecule has 1 aliphatic rings. The number of hydrogen-bond donors (Lipinski definition) is 1. The molecule has 4 aromatic rings. The fraction of sp³-hybridized carbons (Fsp3) is 0.200. The van der Waals surface area contributed by atoms with Crippen LogP contribution in [0.15, 0.2) is 66.0 Å². The van der Waals surface area contributed by atoms with Gasteiger partial charge in [0.05, 0.1) is 10.6 Å². The molecule has 2 aromatic carbocycles. The van der Waals surface area contributed by atoms with Crippen molar-refractivity contribution >= 4 is 23.2 Å². The molecule has 178 valence electrons. The number of aromatic nitrogens is 3. The summed E-state index contributed by atoms with van der Waals surface area (Å²) in [6, 6.07) is 15.0. The first kappa shape index (κ1) is 22.9. The number of hydrogen-bond acceptors (Lipinski definition) is 5. The third-order valence-electron chi connectivity index (χ3n) is 5.82. The smallest absolute Gasteiger partial charge is 0.293 e. The average Bonchev–Trinajstić information content (AvgIpc) is 3.55. The average molecular weight is 494 g/mol. The SMILES string of the molecule is O=C(NC1CCN(C(=O)c2nc(-c3cccs3)n(-c3cccc(F)c3)n2)CC1)c1ccc(F)cc1. The van der Waals surface area contributed by atoms with Crippen LogP contribution in [0, 0.1) is 11.6 Å². The molecule has 0 saturated carbocycles. The molecule has 1 fully saturated rings. The van der Waals surface area contributed by atoms with Crippen molar-refractivity contribution in [3.63, 3.8) is 0 Å². The number of nitrogens with one attached hydrogen (secondary N) is 1. The predicted molar refractivity (Wildman–Crippen MR) is 127 cm³/mol. The highest BCUT2D eigenvalue weighted by atomic mass is 32.1. The zero-order valence-electron chi connectivity index (χ0n) is 18.5. The van der Waals surface area contributed by atoms with Crippen molar-refractivity contribution in [1.29, 1.82) is 0 Å². The van der Waals surface area contributed by atoms with Crippen LogP contribution in [0.4, 0.5) is 8.78 Å². The first-order valence-electron chi connectivity index (χ1n) is 11.1. The van der Waals surface area contributed by atoms with Crippen molar-refractivity contribution in [3.05, 3.63) is 89.1 Å². The number of thiophene rings is 1. The van der Waals surface area contributed by atoms with Crippen molar-refractivity contribution in [2.24, 2.45) is 0 Å². The number of amides is 2. The van der Waals surface area contributed by atoms with E-state index in [4.69, 9.17) is 0 Å². The number of nitrogens with zero attached hydrogens (tertiary/aromatic N) is 4. The van der Waals surface area contributed by atoms with E-state index in [1.165, 1.54) is 52.4 Å². The molecule has 35 heavy (non-hydrogen) atoms. The fourth-order valence-corrected chi connectivity index (χ4v) is 4.69. The van der Waals surface area contributed by atoms with Gasteiger partial charge in [0.1, 0.15) is 11.6 Å². The Hall–Kier alpha value is -3.92. The number of halogens is 2. The van der Waals surface area contributed by atoms with Gasteiger partial charge in [-0.15, -0.1) is 16.4 Å². The number of carbonyl (C=O) groups excluding carboxylic acids is 2. The lowest BCUT2D eigenvalue weighted by Gasteiger charge is -2.31. The molecule has 0 aliphatic carbocycles. The van der Waals surface area contributed by atoms with E-state index in [1.54, 1.807) is 17.0 Å². The van der Waals surface area contributed by atoms with Crippen LogP contribution in [-0.4, -0.2) is 50.6 Å². The lowest BCUT2D eigenvalue weighted by molar-refractivity contribution is 0.0686. The predicted octanol–water partition coefficient (Wildman–Crippen LogP) is 4.31. The van der Waals surface area contributed by atoms with Crippen LogP contribution in [0.1, 0.15) is 33.8 Å². The van der Waals surface area contributed by atoms with E-state index in [1.807, 2.05) is 17.5 Å². The van der Waals surface area contributed by atoms with Gasteiger partial charge in [-0.05, 0) is 66.8 Å². The Morgan fingerprint density at radius 2 is 1.74 bits per heavy atom. The van der Waals surface area contributed by atoms with Crippen LogP contribution in [0.3, 0.4) is 0 Å². The van der Waals surface area contributed by atoms with Crippen molar-refractivity contribution in [2.45, 2.75) is 18.9 Å². The topological polar surface area (TPSA) is 80.1 Å². The molecule has 5 rings (SSSR count). The Balaban J connectivity index is 1.29. The maximum Gasteiger partial charge on any atom is 0.293 e. The van der Waals surface area contributed by atoms with Crippen molar-refractivity contribution in [3.8, 4) is 16.4 Å². The van der Waals surface area contributed by atoms with Gasteiger partial charge in [0.2, 0.25) is 5.82 Å². The minimum absolute atomic E-state index is 0.0338. The van der Waals surface area contributed by atoms with Crippen LogP contribution in [0.25, 0.3) is 16.4 Å². The minimum atomic E-state index is -0.409. The zero-order valence-corrected chi connectivity index (χ0v) is 19.3. The van der Waals surface area contributed by atoms with Crippen LogP contribution < -0.4 is 5.32 Å². The molecule has 0 atom stereocenters. The number of rotatable bonds is 5. The van der Waals surface area contributed by atoms with Crippen molar-refractivity contribution < 1.29 is 18.4 Å². The summed E-state index contributed by atoms with van der Waals surface area (Å²) in [7, 11) is 0. The number of likely N-dealkylation sites (tertiary alicyclic amines) is 1. The normalized spacial score (nSPS) is 14.2. The summed E-state index contributed by atoms with van der Waals surface area (Å²) in [5.74, 6) is -0.897. The van der Waals surface area contributed by atoms with Gasteiger partial charge in [-0.2, -0.15) is 0 Å². The van der Waals surface area contributed by atoms with E-state index < -0.39 is 11.6 Å². The van der Waals surface area contributed by atoms with E-state index >= 15 is 0 Å². The summed E-state index contributed by atoms with van der Waals surface area (Å²) in [6.45, 7) is 0.853. The number of carbonyl (C=O) groups is 2. The molecule has 0 unspecified atom stereocenters. The molecule has 1 aliphatic heterocycles. The first-order valence-corrected chi connectivity index (χ1v) is 12.0. The number of piperidine rings is 1. The van der Waals surface area contributed by atoms with Gasteiger partial charge in [-0.25, -0.2) is 18.4 Å². The fourth-order valence-electron chi connectivity index (χ4n) is 3.99. The standard InChI is InChI=1S/C25H21F2N5O2S/c26-17-8-6-16(7-9-17)24(33)28-19-10-12-31(13-11-19)25(34)22-29-23(21-5-2-14-35-21)32(30-22)20-4-1-3-18(27)15-20/h1-9,14-15,19H,10-13H2,(H,28,33). The van der Waals surface area contributed by atoms with E-state index in [2.05, 4.69) is 15.4 Å². The van der Waals surface area contributed by atoms with Gasteiger partial charge in [0.25, 0.3) is 11.8 Å². The summed E-state index contributed by atoms with van der Waals surface area (Å²) < 4.78 is 28.4. The molecular weight excluding hydrogens is 472 g/mol. The molecule has 1 saturated heterocycles. The van der Waals surface area contributed by atoms with Gasteiger partial charge in [0, 0.05) is 24.7 Å². The summed E-state index contributed by atoms with van der Waals surface area (Å²) in [4.78, 5) is 32.6. The minimum Gasteiger partial charge on any atom is -0.349 e. The van der Waals surface area contributed by atoms with E-state index in [-0.39, 0.29) is 23.7 Å². The second-order valence-electron chi connectivity index (χ2n) is 8.17. The summed E-state index contributed by atoms with van der Waals surface area (Å²) in [5, 5.41) is 9.26. The van der Waals surface area contributed by atoms with E-state index in [0.29, 0.717) is 43.0 Å². The van der Waals surface area contributed by atoms with Gasteiger partial charge in [-0.3, -0.25) is 9.59 Å². The Labute approximate surface area is 204 Å². The molecule has 0 radical (unpaired) electrons. The second-order valence-corrected chi connectivity index (χ2v) is 9.12. The summed E-state index contributed by atoms with van der Waals surface area (Å²) in [6.07, 6.45) is 1.14. The van der Waals surface area contributed by atoms with Crippen molar-refractivity contribution in [1.82, 2.24) is 25.0 Å². The molecule has 3 heterocycles. The van der Waals surface area contributed by atoms with Crippen molar-refractivity contribution in [2.75, 3.05) is 13.1 Å². The van der Waals surface area contributed by atoms with Gasteiger partial charge in [-0.1, -0.05) is 12.1 Å². The van der Waals surface area contributed by atoms with Crippen LogP contribution in [-0.2, 0) is 0 Å². The molecule has 7 nitrogen and oxygen atoms in total. The highest BCUT2D eigenvalue weighted by Crippen LogP contribution is 2.26. The lowest BCUT2D eigenvalue weighted by atomic mass is 10.0. The maximum absolute atomic E-state index is 13.9.